The molecule has 3 aromatic rings. The minimum absolute atomic E-state index is 0.0469. The number of ether oxygens (including phenoxy) is 1. The number of hydrogen-bond acceptors (Lipinski definition) is 4. The fourth-order valence-corrected chi connectivity index (χ4v) is 2.81. The van der Waals surface area contributed by atoms with E-state index >= 15 is 0 Å². The molecule has 0 unspecified atom stereocenters. The Hall–Kier alpha value is -2.46. The number of nitrogens with zero attached hydrogens (tertiary/aromatic N) is 2. The number of methoxy groups -OCH3 is 1. The van der Waals surface area contributed by atoms with Gasteiger partial charge in [0.25, 0.3) is 0 Å². The molecule has 0 saturated carbocycles. The van der Waals surface area contributed by atoms with Gasteiger partial charge in [-0.15, -0.1) is 0 Å². The van der Waals surface area contributed by atoms with Crippen molar-refractivity contribution in [3.8, 4) is 22.6 Å². The van der Waals surface area contributed by atoms with Gasteiger partial charge in [-0.1, -0.05) is 17.7 Å². The van der Waals surface area contributed by atoms with Crippen molar-refractivity contribution in [2.75, 3.05) is 26.1 Å². The second kappa shape index (κ2) is 5.97. The molecule has 0 amide bonds. The van der Waals surface area contributed by atoms with Crippen molar-refractivity contribution in [3.63, 3.8) is 0 Å². The summed E-state index contributed by atoms with van der Waals surface area (Å²) in [4.78, 5) is 6.46. The number of halogens is 1. The van der Waals surface area contributed by atoms with Crippen LogP contribution < -0.4 is 9.64 Å². The summed E-state index contributed by atoms with van der Waals surface area (Å²) in [6.45, 7) is 0. The largest absolute Gasteiger partial charge is 0.503 e. The Morgan fingerprint density at radius 3 is 2.57 bits per heavy atom. The van der Waals surface area contributed by atoms with E-state index in [0.29, 0.717) is 5.75 Å². The molecule has 0 spiro atoms. The molecule has 23 heavy (non-hydrogen) atoms. The number of fused-ring (bicyclic) bond motifs is 1. The number of phenolic OH excluding ortho intramolecular Hbond substituents is 1. The molecule has 0 aliphatic heterocycles. The Kier molecular flexibility index (Phi) is 4.01. The molecule has 2 aromatic carbocycles. The van der Waals surface area contributed by atoms with Crippen LogP contribution in [0.2, 0.25) is 5.02 Å². The van der Waals surface area contributed by atoms with Crippen molar-refractivity contribution in [3.05, 3.63) is 47.6 Å². The Bertz CT molecular complexity index is 878. The first-order chi connectivity index (χ1) is 11.0. The molecule has 4 nitrogen and oxygen atoms in total. The summed E-state index contributed by atoms with van der Waals surface area (Å²) < 4.78 is 5.18. The Morgan fingerprint density at radius 1 is 1.09 bits per heavy atom. The summed E-state index contributed by atoms with van der Waals surface area (Å²) >= 11 is 6.10. The highest BCUT2D eigenvalue weighted by Gasteiger charge is 2.12. The van der Waals surface area contributed by atoms with Crippen molar-refractivity contribution in [2.45, 2.75) is 0 Å². The monoisotopic (exact) mass is 328 g/mol. The Morgan fingerprint density at radius 2 is 1.87 bits per heavy atom. The van der Waals surface area contributed by atoms with E-state index in [1.165, 1.54) is 7.11 Å². The number of rotatable bonds is 3. The molecular weight excluding hydrogens is 312 g/mol. The van der Waals surface area contributed by atoms with Crippen LogP contribution in [0, 0.1) is 0 Å². The molecule has 1 aromatic heterocycles. The molecule has 0 aliphatic rings. The molecule has 3 rings (SSSR count). The predicted molar refractivity (Wildman–Crippen MR) is 94.7 cm³/mol. The fourth-order valence-electron chi connectivity index (χ4n) is 2.60. The van der Waals surface area contributed by atoms with Gasteiger partial charge in [0.05, 0.1) is 17.6 Å². The zero-order valence-electron chi connectivity index (χ0n) is 13.2. The molecule has 0 aliphatic carbocycles. The molecule has 0 bridgehead atoms. The van der Waals surface area contributed by atoms with Gasteiger partial charge in [-0.05, 0) is 41.5 Å². The highest BCUT2D eigenvalue weighted by atomic mass is 35.5. The van der Waals surface area contributed by atoms with Crippen LogP contribution >= 0.6 is 11.6 Å². The van der Waals surface area contributed by atoms with Crippen molar-refractivity contribution >= 4 is 28.2 Å². The maximum Gasteiger partial charge on any atom is 0.176 e. The third kappa shape index (κ3) is 2.78. The summed E-state index contributed by atoms with van der Waals surface area (Å²) in [5, 5.41) is 11.2. The quantitative estimate of drug-likeness (QED) is 0.777. The SMILES string of the molecule is COc1cc(-c2ccc3nccc(N(C)C)c3c2)cc(Cl)c1O. The van der Waals surface area contributed by atoms with Crippen molar-refractivity contribution in [1.82, 2.24) is 4.98 Å². The third-order valence-corrected chi connectivity index (χ3v) is 4.07. The van der Waals surface area contributed by atoms with E-state index in [2.05, 4.69) is 16.0 Å². The molecule has 118 valence electrons. The van der Waals surface area contributed by atoms with E-state index in [1.54, 1.807) is 18.3 Å². The highest BCUT2D eigenvalue weighted by molar-refractivity contribution is 6.32. The second-order valence-electron chi connectivity index (χ2n) is 5.47. The predicted octanol–water partition coefficient (Wildman–Crippen LogP) is 4.34. The number of phenols is 1. The van der Waals surface area contributed by atoms with Gasteiger partial charge in [-0.3, -0.25) is 4.98 Å². The standard InChI is InChI=1S/C18H17ClN2O2/c1-21(2)16-6-7-20-15-5-4-11(8-13(15)16)12-9-14(19)18(22)17(10-12)23-3/h4-10,22H,1-3H3. The summed E-state index contributed by atoms with van der Waals surface area (Å²) in [6, 6.07) is 11.5. The summed E-state index contributed by atoms with van der Waals surface area (Å²) in [5.74, 6) is 0.306. The zero-order chi connectivity index (χ0) is 16.6. The van der Waals surface area contributed by atoms with Crippen LogP contribution in [0.5, 0.6) is 11.5 Å². The maximum absolute atomic E-state index is 9.88. The van der Waals surface area contributed by atoms with Gasteiger partial charge in [0.2, 0.25) is 0 Å². The minimum atomic E-state index is -0.0469. The van der Waals surface area contributed by atoms with E-state index in [0.717, 1.165) is 27.7 Å². The van der Waals surface area contributed by atoms with Crippen LogP contribution in [0.3, 0.4) is 0 Å². The minimum Gasteiger partial charge on any atom is -0.503 e. The van der Waals surface area contributed by atoms with E-state index in [1.807, 2.05) is 32.3 Å². The smallest absolute Gasteiger partial charge is 0.176 e. The molecule has 0 fully saturated rings. The number of aromatic nitrogens is 1. The summed E-state index contributed by atoms with van der Waals surface area (Å²) in [7, 11) is 5.51. The molecule has 0 atom stereocenters. The van der Waals surface area contributed by atoms with Crippen LogP contribution in [-0.4, -0.2) is 31.3 Å². The second-order valence-corrected chi connectivity index (χ2v) is 5.87. The van der Waals surface area contributed by atoms with Gasteiger partial charge in [-0.25, -0.2) is 0 Å². The molecule has 1 heterocycles. The van der Waals surface area contributed by atoms with Crippen LogP contribution in [0.15, 0.2) is 42.6 Å². The molecule has 5 heteroatoms. The first kappa shape index (κ1) is 15.4. The number of hydrogen-bond donors (Lipinski definition) is 1. The first-order valence-electron chi connectivity index (χ1n) is 7.14. The van der Waals surface area contributed by atoms with Crippen molar-refractivity contribution in [1.29, 1.82) is 0 Å². The Labute approximate surface area is 139 Å². The van der Waals surface area contributed by atoms with E-state index in [9.17, 15) is 5.11 Å². The third-order valence-electron chi connectivity index (χ3n) is 3.78. The lowest BCUT2D eigenvalue weighted by Gasteiger charge is -2.16. The summed E-state index contributed by atoms with van der Waals surface area (Å²) in [6.07, 6.45) is 1.80. The number of pyridine rings is 1. The highest BCUT2D eigenvalue weighted by Crippen LogP contribution is 2.39. The number of anilines is 1. The zero-order valence-corrected chi connectivity index (χ0v) is 13.9. The first-order valence-corrected chi connectivity index (χ1v) is 7.52. The van der Waals surface area contributed by atoms with Crippen molar-refractivity contribution in [2.24, 2.45) is 0 Å². The van der Waals surface area contributed by atoms with Crippen LogP contribution in [0.25, 0.3) is 22.0 Å². The van der Waals surface area contributed by atoms with Gasteiger partial charge in [0.15, 0.2) is 11.5 Å². The molecule has 1 N–H and O–H groups in total. The number of aromatic hydroxyl groups is 1. The molecular formula is C18H17ClN2O2. The van der Waals surface area contributed by atoms with Crippen LogP contribution in [-0.2, 0) is 0 Å². The van der Waals surface area contributed by atoms with E-state index < -0.39 is 0 Å². The lowest BCUT2D eigenvalue weighted by molar-refractivity contribution is 0.374. The fraction of sp³-hybridized carbons (Fsp3) is 0.167. The van der Waals surface area contributed by atoms with Crippen molar-refractivity contribution < 1.29 is 9.84 Å². The van der Waals surface area contributed by atoms with Gasteiger partial charge in [-0.2, -0.15) is 0 Å². The summed E-state index contributed by atoms with van der Waals surface area (Å²) in [5.41, 5.74) is 3.87. The van der Waals surface area contributed by atoms with Gasteiger partial charge in [0, 0.05) is 31.4 Å². The molecule has 0 saturated heterocycles. The normalized spacial score (nSPS) is 10.8. The van der Waals surface area contributed by atoms with Gasteiger partial charge in [0.1, 0.15) is 0 Å². The van der Waals surface area contributed by atoms with Gasteiger partial charge < -0.3 is 14.7 Å². The Balaban J connectivity index is 2.21. The number of benzene rings is 2. The van der Waals surface area contributed by atoms with E-state index in [-0.39, 0.29) is 10.8 Å². The van der Waals surface area contributed by atoms with Crippen LogP contribution in [0.1, 0.15) is 0 Å². The lowest BCUT2D eigenvalue weighted by atomic mass is 10.0. The average molecular weight is 329 g/mol. The van der Waals surface area contributed by atoms with Crippen LogP contribution in [0.4, 0.5) is 5.69 Å². The maximum atomic E-state index is 9.88. The lowest BCUT2D eigenvalue weighted by Crippen LogP contribution is -2.09. The average Bonchev–Trinajstić information content (AvgIpc) is 2.56. The topological polar surface area (TPSA) is 45.6 Å². The van der Waals surface area contributed by atoms with Gasteiger partial charge >= 0.3 is 0 Å². The molecule has 0 radical (unpaired) electrons. The van der Waals surface area contributed by atoms with E-state index in [4.69, 9.17) is 16.3 Å².